The number of rotatable bonds is 2. The Morgan fingerprint density at radius 3 is 2.56 bits per heavy atom. The summed E-state index contributed by atoms with van der Waals surface area (Å²) in [4.78, 5) is 14.9. The maximum absolute atomic E-state index is 10.6. The number of nitrogens with one attached hydrogen (secondary N) is 1. The van der Waals surface area contributed by atoms with Gasteiger partial charge in [0.05, 0.1) is 0 Å². The summed E-state index contributed by atoms with van der Waals surface area (Å²) >= 11 is 0. The third kappa shape index (κ3) is 2.69. The molecule has 4 nitrogen and oxygen atoms in total. The van der Waals surface area contributed by atoms with Crippen LogP contribution in [0.3, 0.4) is 0 Å². The molecule has 1 amide bonds. The molecule has 4 heteroatoms. The molecule has 0 aliphatic carbocycles. The first-order valence-corrected chi connectivity index (χ1v) is 2.52. The standard InChI is InChI=1S/C5H10N2O2/c1-4(7-9-3)5(8)6-2/h1-3H3,(H,6,8)/b7-4-. The Bertz CT molecular complexity index is 131. The van der Waals surface area contributed by atoms with E-state index >= 15 is 0 Å². The number of carbonyl (C=O) groups is 1. The average Bonchev–Trinajstić information content (AvgIpc) is 1.87. The van der Waals surface area contributed by atoms with E-state index in [1.807, 2.05) is 0 Å². The predicted octanol–water partition coefficient (Wildman–Crippen LogP) is -0.245. The molecular weight excluding hydrogens is 120 g/mol. The smallest absolute Gasteiger partial charge is 0.268 e. The maximum Gasteiger partial charge on any atom is 0.268 e. The Morgan fingerprint density at radius 2 is 2.22 bits per heavy atom. The van der Waals surface area contributed by atoms with Crippen molar-refractivity contribution in [3.8, 4) is 0 Å². The van der Waals surface area contributed by atoms with Crippen molar-refractivity contribution in [3.63, 3.8) is 0 Å². The highest BCUT2D eigenvalue weighted by Gasteiger charge is 2.00. The van der Waals surface area contributed by atoms with Crippen molar-refractivity contribution in [2.24, 2.45) is 5.16 Å². The molecule has 9 heavy (non-hydrogen) atoms. The fourth-order valence-corrected chi connectivity index (χ4v) is 0.359. The number of oxime groups is 1. The normalized spacial score (nSPS) is 10.8. The van der Waals surface area contributed by atoms with Gasteiger partial charge in [-0.15, -0.1) is 0 Å². The maximum atomic E-state index is 10.6. The van der Waals surface area contributed by atoms with Crippen molar-refractivity contribution in [3.05, 3.63) is 0 Å². The summed E-state index contributed by atoms with van der Waals surface area (Å²) in [5.74, 6) is -0.225. The van der Waals surface area contributed by atoms with E-state index in [9.17, 15) is 4.79 Å². The van der Waals surface area contributed by atoms with Crippen LogP contribution < -0.4 is 5.32 Å². The first kappa shape index (κ1) is 7.94. The minimum atomic E-state index is -0.225. The van der Waals surface area contributed by atoms with Gasteiger partial charge in [-0.05, 0) is 6.92 Å². The summed E-state index contributed by atoms with van der Waals surface area (Å²) in [5, 5.41) is 5.80. The number of nitrogens with zero attached hydrogens (tertiary/aromatic N) is 1. The SMILES string of the molecule is CNC(=O)/C(C)=N\OC. The van der Waals surface area contributed by atoms with Crippen molar-refractivity contribution in [1.29, 1.82) is 0 Å². The van der Waals surface area contributed by atoms with E-state index in [4.69, 9.17) is 0 Å². The van der Waals surface area contributed by atoms with Crippen molar-refractivity contribution in [1.82, 2.24) is 5.32 Å². The highest BCUT2D eigenvalue weighted by molar-refractivity contribution is 6.37. The van der Waals surface area contributed by atoms with Gasteiger partial charge in [0.2, 0.25) is 0 Å². The van der Waals surface area contributed by atoms with Crippen molar-refractivity contribution >= 4 is 11.6 Å². The lowest BCUT2D eigenvalue weighted by molar-refractivity contribution is -0.114. The number of hydrogen-bond acceptors (Lipinski definition) is 3. The third-order valence-electron chi connectivity index (χ3n) is 0.784. The molecular formula is C5H10N2O2. The van der Waals surface area contributed by atoms with Gasteiger partial charge in [-0.2, -0.15) is 0 Å². The van der Waals surface area contributed by atoms with E-state index < -0.39 is 0 Å². The van der Waals surface area contributed by atoms with Gasteiger partial charge < -0.3 is 10.2 Å². The quantitative estimate of drug-likeness (QED) is 0.414. The van der Waals surface area contributed by atoms with Crippen molar-refractivity contribution in [2.45, 2.75) is 6.92 Å². The Hall–Kier alpha value is -1.06. The molecule has 0 radical (unpaired) electrons. The molecule has 0 unspecified atom stereocenters. The molecule has 0 saturated carbocycles. The van der Waals surface area contributed by atoms with Crippen LogP contribution in [0.25, 0.3) is 0 Å². The lowest BCUT2D eigenvalue weighted by Gasteiger charge is -1.94. The molecule has 0 aromatic rings. The van der Waals surface area contributed by atoms with Gasteiger partial charge in [-0.3, -0.25) is 4.79 Å². The van der Waals surface area contributed by atoms with Crippen LogP contribution in [-0.2, 0) is 9.63 Å². The number of hydrogen-bond donors (Lipinski definition) is 1. The molecule has 0 aliphatic heterocycles. The molecule has 0 heterocycles. The summed E-state index contributed by atoms with van der Waals surface area (Å²) in [6, 6.07) is 0. The van der Waals surface area contributed by atoms with Crippen molar-refractivity contribution < 1.29 is 9.63 Å². The van der Waals surface area contributed by atoms with Gasteiger partial charge in [-0.25, -0.2) is 0 Å². The number of amides is 1. The molecule has 0 spiro atoms. The highest BCUT2D eigenvalue weighted by Crippen LogP contribution is 1.76. The predicted molar refractivity (Wildman–Crippen MR) is 34.2 cm³/mol. The molecule has 0 fully saturated rings. The van der Waals surface area contributed by atoms with E-state index in [0.717, 1.165) is 0 Å². The summed E-state index contributed by atoms with van der Waals surface area (Å²) in [7, 11) is 2.93. The molecule has 0 bridgehead atoms. The highest BCUT2D eigenvalue weighted by atomic mass is 16.6. The van der Waals surface area contributed by atoms with Crippen LogP contribution in [0.5, 0.6) is 0 Å². The lowest BCUT2D eigenvalue weighted by atomic mass is 10.4. The fourth-order valence-electron chi connectivity index (χ4n) is 0.359. The average molecular weight is 130 g/mol. The van der Waals surface area contributed by atoms with E-state index in [1.54, 1.807) is 6.92 Å². The van der Waals surface area contributed by atoms with Crippen LogP contribution in [0.2, 0.25) is 0 Å². The van der Waals surface area contributed by atoms with Crippen LogP contribution in [0.4, 0.5) is 0 Å². The van der Waals surface area contributed by atoms with Crippen LogP contribution in [0.15, 0.2) is 5.16 Å². The van der Waals surface area contributed by atoms with Gasteiger partial charge in [0.1, 0.15) is 12.8 Å². The largest absolute Gasteiger partial charge is 0.399 e. The third-order valence-corrected chi connectivity index (χ3v) is 0.784. The number of carbonyl (C=O) groups excluding carboxylic acids is 1. The molecule has 0 rings (SSSR count). The van der Waals surface area contributed by atoms with Crippen LogP contribution in [0.1, 0.15) is 6.92 Å². The van der Waals surface area contributed by atoms with Crippen LogP contribution in [0, 0.1) is 0 Å². The van der Waals surface area contributed by atoms with E-state index in [-0.39, 0.29) is 5.91 Å². The summed E-state index contributed by atoms with van der Waals surface area (Å²) in [6.07, 6.45) is 0. The Morgan fingerprint density at radius 1 is 1.67 bits per heavy atom. The minimum Gasteiger partial charge on any atom is -0.399 e. The van der Waals surface area contributed by atoms with Gasteiger partial charge in [-0.1, -0.05) is 5.16 Å². The summed E-state index contributed by atoms with van der Waals surface area (Å²) < 4.78 is 0. The van der Waals surface area contributed by atoms with Gasteiger partial charge >= 0.3 is 0 Å². The van der Waals surface area contributed by atoms with Gasteiger partial charge in [0.25, 0.3) is 5.91 Å². The van der Waals surface area contributed by atoms with Gasteiger partial charge in [0, 0.05) is 7.05 Å². The second-order valence-electron chi connectivity index (χ2n) is 1.44. The lowest BCUT2D eigenvalue weighted by Crippen LogP contribution is -2.25. The van der Waals surface area contributed by atoms with Gasteiger partial charge in [0.15, 0.2) is 0 Å². The summed E-state index contributed by atoms with van der Waals surface area (Å²) in [5.41, 5.74) is 0.319. The molecule has 0 atom stereocenters. The first-order valence-electron chi connectivity index (χ1n) is 2.52. The Balaban J connectivity index is 3.86. The topological polar surface area (TPSA) is 50.7 Å². The Kier molecular flexibility index (Phi) is 3.43. The molecule has 0 aliphatic rings. The fraction of sp³-hybridized carbons (Fsp3) is 0.600. The summed E-state index contributed by atoms with van der Waals surface area (Å²) in [6.45, 7) is 1.57. The zero-order valence-electron chi connectivity index (χ0n) is 5.76. The minimum absolute atomic E-state index is 0.225. The van der Waals surface area contributed by atoms with Crippen LogP contribution >= 0.6 is 0 Å². The molecule has 1 N–H and O–H groups in total. The van der Waals surface area contributed by atoms with E-state index in [1.165, 1.54) is 14.2 Å². The van der Waals surface area contributed by atoms with E-state index in [2.05, 4.69) is 15.3 Å². The Labute approximate surface area is 53.9 Å². The van der Waals surface area contributed by atoms with Crippen molar-refractivity contribution in [2.75, 3.05) is 14.2 Å². The monoisotopic (exact) mass is 130 g/mol. The molecule has 0 aromatic heterocycles. The van der Waals surface area contributed by atoms with E-state index in [0.29, 0.717) is 5.71 Å². The molecule has 52 valence electrons. The first-order chi connectivity index (χ1) is 4.22. The molecule has 0 saturated heterocycles. The zero-order valence-corrected chi connectivity index (χ0v) is 5.76. The second kappa shape index (κ2) is 3.88. The van der Waals surface area contributed by atoms with Crippen LogP contribution in [-0.4, -0.2) is 25.8 Å². The molecule has 0 aromatic carbocycles. The second-order valence-corrected chi connectivity index (χ2v) is 1.44. The zero-order chi connectivity index (χ0) is 7.28.